The first-order chi connectivity index (χ1) is 16.2. The highest BCUT2D eigenvalue weighted by Gasteiger charge is 2.33. The van der Waals surface area contributed by atoms with Crippen LogP contribution in [0, 0.1) is 0 Å². The number of ether oxygens (including phenoxy) is 2. The van der Waals surface area contributed by atoms with E-state index in [-0.39, 0.29) is 40.8 Å². The molecule has 0 N–H and O–H groups in total. The lowest BCUT2D eigenvalue weighted by molar-refractivity contribution is -0.0498. The van der Waals surface area contributed by atoms with Gasteiger partial charge < -0.3 is 14.4 Å². The van der Waals surface area contributed by atoms with E-state index >= 15 is 0 Å². The van der Waals surface area contributed by atoms with E-state index < -0.39 is 25.6 Å². The molecule has 0 fully saturated rings. The summed E-state index contributed by atoms with van der Waals surface area (Å²) in [4.78, 5) is 31.2. The number of aromatic nitrogens is 1. The topological polar surface area (TPSA) is 68.7 Å². The summed E-state index contributed by atoms with van der Waals surface area (Å²) >= 11 is 0. The van der Waals surface area contributed by atoms with Crippen molar-refractivity contribution in [2.45, 2.75) is 26.5 Å². The number of amides is 1. The monoisotopic (exact) mass is 474 g/mol. The number of ketones is 1. The van der Waals surface area contributed by atoms with Crippen LogP contribution in [-0.2, 0) is 6.54 Å². The molecule has 0 aliphatic carbocycles. The molecule has 0 spiro atoms. The van der Waals surface area contributed by atoms with Gasteiger partial charge in [0, 0.05) is 29.3 Å². The number of alkyl halides is 4. The van der Waals surface area contributed by atoms with E-state index in [0.29, 0.717) is 16.8 Å². The zero-order chi connectivity index (χ0) is 24.4. The van der Waals surface area contributed by atoms with Crippen molar-refractivity contribution in [1.29, 1.82) is 0 Å². The Bertz CT molecular complexity index is 1230. The Morgan fingerprint density at radius 3 is 2.41 bits per heavy atom. The molecule has 1 aromatic heterocycles. The van der Waals surface area contributed by atoms with Crippen LogP contribution < -0.4 is 14.4 Å². The Morgan fingerprint density at radius 2 is 1.76 bits per heavy atom. The fraction of sp³-hybridized carbons (Fsp3) is 0.208. The minimum Gasteiger partial charge on any atom is -0.487 e. The molecule has 176 valence electrons. The summed E-state index contributed by atoms with van der Waals surface area (Å²) in [6.45, 7) is -2.44. The highest BCUT2D eigenvalue weighted by atomic mass is 19.3. The van der Waals surface area contributed by atoms with Gasteiger partial charge in [0.15, 0.2) is 5.78 Å². The molecule has 0 unspecified atom stereocenters. The summed E-state index contributed by atoms with van der Waals surface area (Å²) in [6, 6.07) is 13.3. The molecule has 10 heteroatoms. The van der Waals surface area contributed by atoms with Crippen molar-refractivity contribution in [2.24, 2.45) is 0 Å². The Kier molecular flexibility index (Phi) is 6.49. The first kappa shape index (κ1) is 23.2. The Labute approximate surface area is 191 Å². The van der Waals surface area contributed by atoms with Crippen LogP contribution in [0.5, 0.6) is 11.5 Å². The predicted octanol–water partition coefficient (Wildman–Crippen LogP) is 5.36. The van der Waals surface area contributed by atoms with Gasteiger partial charge in [0.2, 0.25) is 0 Å². The smallest absolute Gasteiger partial charge is 0.387 e. The Morgan fingerprint density at radius 1 is 1.06 bits per heavy atom. The number of para-hydroxylation sites is 1. The number of hydrogen-bond donors (Lipinski definition) is 0. The highest BCUT2D eigenvalue weighted by Crippen LogP contribution is 2.38. The Hall–Kier alpha value is -3.95. The largest absolute Gasteiger partial charge is 0.487 e. The van der Waals surface area contributed by atoms with Gasteiger partial charge in [-0.1, -0.05) is 12.1 Å². The number of rotatable bonds is 8. The number of benzene rings is 2. The molecule has 0 saturated carbocycles. The SMILES string of the molecule is CC(=O)c1cc2c(c(-c3ccccc3OCC(F)F)n1)CN(c1ccc(OC(F)F)cc1)C2=O. The third kappa shape index (κ3) is 4.70. The summed E-state index contributed by atoms with van der Waals surface area (Å²) in [5.41, 5.74) is 1.79. The average molecular weight is 474 g/mol. The first-order valence-electron chi connectivity index (χ1n) is 10.2. The van der Waals surface area contributed by atoms with Gasteiger partial charge in [-0.05, 0) is 42.5 Å². The number of pyridine rings is 1. The predicted molar refractivity (Wildman–Crippen MR) is 115 cm³/mol. The second kappa shape index (κ2) is 9.50. The van der Waals surface area contributed by atoms with Gasteiger partial charge >= 0.3 is 6.61 Å². The molecule has 2 heterocycles. The number of carbonyl (C=O) groups excluding carboxylic acids is 2. The van der Waals surface area contributed by atoms with Crippen molar-refractivity contribution in [3.8, 4) is 22.8 Å². The van der Waals surface area contributed by atoms with Crippen LogP contribution in [0.2, 0.25) is 0 Å². The molecule has 1 aliphatic heterocycles. The van der Waals surface area contributed by atoms with Gasteiger partial charge in [-0.3, -0.25) is 9.59 Å². The molecule has 4 rings (SSSR count). The molecule has 0 bridgehead atoms. The minimum atomic E-state index is -2.98. The molecule has 0 atom stereocenters. The summed E-state index contributed by atoms with van der Waals surface area (Å²) in [6.07, 6.45) is -2.69. The van der Waals surface area contributed by atoms with Crippen LogP contribution in [0.25, 0.3) is 11.3 Å². The number of anilines is 1. The van der Waals surface area contributed by atoms with Crippen LogP contribution in [0.1, 0.15) is 33.3 Å². The van der Waals surface area contributed by atoms with Gasteiger partial charge in [-0.15, -0.1) is 0 Å². The second-order valence-electron chi connectivity index (χ2n) is 7.40. The van der Waals surface area contributed by atoms with Crippen molar-refractivity contribution in [2.75, 3.05) is 11.5 Å². The lowest BCUT2D eigenvalue weighted by atomic mass is 10.0. The van der Waals surface area contributed by atoms with Crippen LogP contribution in [0.3, 0.4) is 0 Å². The van der Waals surface area contributed by atoms with Gasteiger partial charge in [0.25, 0.3) is 12.3 Å². The maximum absolute atomic E-state index is 13.2. The van der Waals surface area contributed by atoms with Gasteiger partial charge in [-0.25, -0.2) is 13.8 Å². The molecular formula is C24H18F4N2O4. The van der Waals surface area contributed by atoms with Crippen LogP contribution in [-0.4, -0.2) is 36.3 Å². The fourth-order valence-electron chi connectivity index (χ4n) is 3.66. The van der Waals surface area contributed by atoms with Gasteiger partial charge in [0.05, 0.1) is 12.2 Å². The Balaban J connectivity index is 1.76. The number of nitrogens with zero attached hydrogens (tertiary/aromatic N) is 2. The third-order valence-corrected chi connectivity index (χ3v) is 5.16. The third-order valence-electron chi connectivity index (χ3n) is 5.16. The van der Waals surface area contributed by atoms with Crippen molar-refractivity contribution >= 4 is 17.4 Å². The van der Waals surface area contributed by atoms with E-state index in [1.165, 1.54) is 48.2 Å². The van der Waals surface area contributed by atoms with E-state index in [1.807, 2.05) is 0 Å². The van der Waals surface area contributed by atoms with Gasteiger partial charge in [0.1, 0.15) is 23.8 Å². The van der Waals surface area contributed by atoms with Crippen LogP contribution in [0.4, 0.5) is 23.2 Å². The molecule has 2 aromatic carbocycles. The van der Waals surface area contributed by atoms with Gasteiger partial charge in [-0.2, -0.15) is 8.78 Å². The molecule has 6 nitrogen and oxygen atoms in total. The molecule has 34 heavy (non-hydrogen) atoms. The lowest BCUT2D eigenvalue weighted by Crippen LogP contribution is -2.22. The first-order valence-corrected chi connectivity index (χ1v) is 10.2. The number of hydrogen-bond acceptors (Lipinski definition) is 5. The molecule has 0 radical (unpaired) electrons. The minimum absolute atomic E-state index is 0.0355. The molecule has 1 aliphatic rings. The van der Waals surface area contributed by atoms with E-state index in [0.717, 1.165) is 0 Å². The number of halogens is 4. The molecule has 3 aromatic rings. The van der Waals surface area contributed by atoms with Crippen molar-refractivity contribution < 1.29 is 36.6 Å². The van der Waals surface area contributed by atoms with Crippen molar-refractivity contribution in [1.82, 2.24) is 4.98 Å². The van der Waals surface area contributed by atoms with Crippen molar-refractivity contribution in [3.63, 3.8) is 0 Å². The summed E-state index contributed by atoms with van der Waals surface area (Å²) < 4.78 is 59.9. The normalized spacial score (nSPS) is 12.9. The van der Waals surface area contributed by atoms with E-state index in [9.17, 15) is 27.2 Å². The maximum Gasteiger partial charge on any atom is 0.387 e. The summed E-state index contributed by atoms with van der Waals surface area (Å²) in [5, 5.41) is 0. The number of fused-ring (bicyclic) bond motifs is 1. The molecule has 0 saturated heterocycles. The molecule has 1 amide bonds. The van der Waals surface area contributed by atoms with E-state index in [2.05, 4.69) is 9.72 Å². The standard InChI is InChI=1S/C24H18F4N2O4/c1-13(31)19-10-17-18(22(29-19)16-4-2-3-5-20(16)33-12-21(25)26)11-30(23(17)32)14-6-8-15(9-7-14)34-24(27)28/h2-10,21,24H,11-12H2,1H3. The summed E-state index contributed by atoms with van der Waals surface area (Å²) in [5.74, 6) is -0.726. The quantitative estimate of drug-likeness (QED) is 0.325. The maximum atomic E-state index is 13.2. The summed E-state index contributed by atoms with van der Waals surface area (Å²) in [7, 11) is 0. The van der Waals surface area contributed by atoms with E-state index in [1.54, 1.807) is 18.2 Å². The van der Waals surface area contributed by atoms with Crippen molar-refractivity contribution in [3.05, 3.63) is 71.4 Å². The number of Topliss-reactive ketones (excluding diaryl/α,β-unsaturated/α-hetero) is 1. The van der Waals surface area contributed by atoms with Crippen LogP contribution >= 0.6 is 0 Å². The van der Waals surface area contributed by atoms with E-state index in [4.69, 9.17) is 4.74 Å². The zero-order valence-corrected chi connectivity index (χ0v) is 17.8. The molecular weight excluding hydrogens is 456 g/mol. The lowest BCUT2D eigenvalue weighted by Gasteiger charge is -2.17. The zero-order valence-electron chi connectivity index (χ0n) is 17.8. The average Bonchev–Trinajstić information content (AvgIpc) is 3.14. The second-order valence-corrected chi connectivity index (χ2v) is 7.40. The fourth-order valence-corrected chi connectivity index (χ4v) is 3.66. The number of carbonyl (C=O) groups is 2. The highest BCUT2D eigenvalue weighted by molar-refractivity contribution is 6.12. The van der Waals surface area contributed by atoms with Crippen LogP contribution in [0.15, 0.2) is 54.6 Å².